The first-order valence-corrected chi connectivity index (χ1v) is 8.34. The van der Waals surface area contributed by atoms with Gasteiger partial charge in [0, 0.05) is 0 Å². The lowest BCUT2D eigenvalue weighted by atomic mass is 9.65. The van der Waals surface area contributed by atoms with Gasteiger partial charge >= 0.3 is 0 Å². The first-order chi connectivity index (χ1) is 8.93. The molecule has 0 radical (unpaired) electrons. The van der Waals surface area contributed by atoms with E-state index in [4.69, 9.17) is 4.74 Å². The zero-order valence-corrected chi connectivity index (χ0v) is 12.8. The molecule has 1 N–H and O–H groups in total. The first-order valence-electron chi connectivity index (χ1n) is 8.34. The SMILES string of the molecule is CCC(C1CCC(C)(O)CC1)C1CCC2OC2(C)C1. The maximum absolute atomic E-state index is 10.1. The minimum absolute atomic E-state index is 0.233. The van der Waals surface area contributed by atoms with Crippen molar-refractivity contribution >= 4 is 0 Å². The van der Waals surface area contributed by atoms with E-state index in [2.05, 4.69) is 13.8 Å². The van der Waals surface area contributed by atoms with E-state index < -0.39 is 5.60 Å². The fourth-order valence-electron chi connectivity index (χ4n) is 4.93. The van der Waals surface area contributed by atoms with Crippen molar-refractivity contribution < 1.29 is 9.84 Å². The number of hydrogen-bond donors (Lipinski definition) is 1. The highest BCUT2D eigenvalue weighted by molar-refractivity contribution is 5.05. The lowest BCUT2D eigenvalue weighted by Crippen LogP contribution is -2.37. The molecule has 3 fully saturated rings. The number of aliphatic hydroxyl groups is 1. The number of rotatable bonds is 3. The summed E-state index contributed by atoms with van der Waals surface area (Å²) < 4.78 is 5.87. The summed E-state index contributed by atoms with van der Waals surface area (Å²) in [5.74, 6) is 2.56. The average molecular weight is 266 g/mol. The molecule has 1 aliphatic heterocycles. The van der Waals surface area contributed by atoms with Gasteiger partial charge in [-0.15, -0.1) is 0 Å². The second kappa shape index (κ2) is 4.73. The lowest BCUT2D eigenvalue weighted by Gasteiger charge is -2.41. The van der Waals surface area contributed by atoms with E-state index in [1.807, 2.05) is 6.92 Å². The summed E-state index contributed by atoms with van der Waals surface area (Å²) in [7, 11) is 0. The third-order valence-electron chi connectivity index (χ3n) is 6.29. The van der Waals surface area contributed by atoms with Crippen molar-refractivity contribution in [3.8, 4) is 0 Å². The molecule has 0 aromatic carbocycles. The van der Waals surface area contributed by atoms with Crippen LogP contribution in [-0.4, -0.2) is 22.4 Å². The minimum Gasteiger partial charge on any atom is -0.390 e. The van der Waals surface area contributed by atoms with E-state index in [0.29, 0.717) is 6.10 Å². The summed E-state index contributed by atoms with van der Waals surface area (Å²) >= 11 is 0. The molecule has 4 atom stereocenters. The Morgan fingerprint density at radius 1 is 1.11 bits per heavy atom. The summed E-state index contributed by atoms with van der Waals surface area (Å²) in [5, 5.41) is 10.1. The first kappa shape index (κ1) is 13.9. The molecule has 4 unspecified atom stereocenters. The Morgan fingerprint density at radius 3 is 2.37 bits per heavy atom. The van der Waals surface area contributed by atoms with Crippen LogP contribution < -0.4 is 0 Å². The fourth-order valence-corrected chi connectivity index (χ4v) is 4.93. The van der Waals surface area contributed by atoms with Gasteiger partial charge in [-0.3, -0.25) is 0 Å². The Labute approximate surface area is 117 Å². The van der Waals surface area contributed by atoms with Crippen molar-refractivity contribution in [1.82, 2.24) is 0 Å². The van der Waals surface area contributed by atoms with Gasteiger partial charge in [0.15, 0.2) is 0 Å². The van der Waals surface area contributed by atoms with Gasteiger partial charge in [0.1, 0.15) is 0 Å². The molecule has 0 aromatic heterocycles. The quantitative estimate of drug-likeness (QED) is 0.786. The van der Waals surface area contributed by atoms with Crippen molar-refractivity contribution in [1.29, 1.82) is 0 Å². The second-order valence-corrected chi connectivity index (χ2v) is 7.87. The molecule has 2 saturated carbocycles. The molecule has 0 bridgehead atoms. The monoisotopic (exact) mass is 266 g/mol. The molecule has 0 amide bonds. The van der Waals surface area contributed by atoms with Crippen LogP contribution in [0.3, 0.4) is 0 Å². The van der Waals surface area contributed by atoms with Crippen molar-refractivity contribution in [2.75, 3.05) is 0 Å². The summed E-state index contributed by atoms with van der Waals surface area (Å²) in [5.41, 5.74) is -0.158. The number of epoxide rings is 1. The van der Waals surface area contributed by atoms with Crippen molar-refractivity contribution in [2.45, 2.75) is 89.4 Å². The molecule has 2 heteroatoms. The molecule has 0 aromatic rings. The molecular weight excluding hydrogens is 236 g/mol. The Hall–Kier alpha value is -0.0800. The van der Waals surface area contributed by atoms with Crippen LogP contribution in [0.5, 0.6) is 0 Å². The van der Waals surface area contributed by atoms with Gasteiger partial charge in [-0.25, -0.2) is 0 Å². The Morgan fingerprint density at radius 2 is 1.79 bits per heavy atom. The largest absolute Gasteiger partial charge is 0.390 e. The zero-order chi connectivity index (χ0) is 13.7. The molecule has 2 nitrogen and oxygen atoms in total. The number of hydrogen-bond acceptors (Lipinski definition) is 2. The predicted molar refractivity (Wildman–Crippen MR) is 77.0 cm³/mol. The topological polar surface area (TPSA) is 32.8 Å². The second-order valence-electron chi connectivity index (χ2n) is 7.87. The van der Waals surface area contributed by atoms with E-state index in [9.17, 15) is 5.11 Å². The van der Waals surface area contributed by atoms with Gasteiger partial charge < -0.3 is 9.84 Å². The van der Waals surface area contributed by atoms with Crippen LogP contribution in [0.2, 0.25) is 0 Å². The molecule has 110 valence electrons. The van der Waals surface area contributed by atoms with Gasteiger partial charge in [0.2, 0.25) is 0 Å². The molecular formula is C17H30O2. The third kappa shape index (κ3) is 2.71. The van der Waals surface area contributed by atoms with Gasteiger partial charge in [0.05, 0.1) is 17.3 Å². The normalized spacial score (nSPS) is 51.5. The maximum atomic E-state index is 10.1. The average Bonchev–Trinajstić information content (AvgIpc) is 3.03. The molecule has 3 rings (SSSR count). The Kier molecular flexibility index (Phi) is 3.46. The van der Waals surface area contributed by atoms with Crippen molar-refractivity contribution in [3.63, 3.8) is 0 Å². The summed E-state index contributed by atoms with van der Waals surface area (Å²) in [6.07, 6.45) is 10.3. The fraction of sp³-hybridized carbons (Fsp3) is 1.00. The van der Waals surface area contributed by atoms with Crippen LogP contribution in [0.15, 0.2) is 0 Å². The van der Waals surface area contributed by atoms with Gasteiger partial charge in [0.25, 0.3) is 0 Å². The van der Waals surface area contributed by atoms with E-state index in [-0.39, 0.29) is 5.60 Å². The molecule has 19 heavy (non-hydrogen) atoms. The summed E-state index contributed by atoms with van der Waals surface area (Å²) in [6.45, 7) is 6.68. The minimum atomic E-state index is -0.391. The van der Waals surface area contributed by atoms with Crippen LogP contribution in [0.4, 0.5) is 0 Å². The summed E-state index contributed by atoms with van der Waals surface area (Å²) in [6, 6.07) is 0. The molecule has 1 heterocycles. The molecule has 1 saturated heterocycles. The van der Waals surface area contributed by atoms with Crippen LogP contribution in [0.1, 0.15) is 72.1 Å². The van der Waals surface area contributed by atoms with Crippen LogP contribution in [0.25, 0.3) is 0 Å². The Bertz CT molecular complexity index is 328. The summed E-state index contributed by atoms with van der Waals surface area (Å²) in [4.78, 5) is 0. The van der Waals surface area contributed by atoms with Crippen LogP contribution in [-0.2, 0) is 4.74 Å². The standard InChI is InChI=1S/C17H30O2/c1-4-14(12-7-9-16(2,18)10-8-12)13-5-6-15-17(3,11-13)19-15/h12-15,18H,4-11H2,1-3H3. The Balaban J connectivity index is 1.61. The van der Waals surface area contributed by atoms with Crippen LogP contribution in [0, 0.1) is 17.8 Å². The predicted octanol–water partition coefficient (Wildman–Crippen LogP) is 3.91. The molecule has 3 aliphatic rings. The third-order valence-corrected chi connectivity index (χ3v) is 6.29. The van der Waals surface area contributed by atoms with Gasteiger partial charge in [-0.1, -0.05) is 13.3 Å². The van der Waals surface area contributed by atoms with Gasteiger partial charge in [-0.05, 0) is 76.5 Å². The van der Waals surface area contributed by atoms with E-state index in [1.54, 1.807) is 0 Å². The lowest BCUT2D eigenvalue weighted by molar-refractivity contribution is -0.00997. The van der Waals surface area contributed by atoms with Crippen LogP contribution >= 0.6 is 0 Å². The van der Waals surface area contributed by atoms with Gasteiger partial charge in [-0.2, -0.15) is 0 Å². The van der Waals surface area contributed by atoms with Crippen molar-refractivity contribution in [2.24, 2.45) is 17.8 Å². The molecule has 2 aliphatic carbocycles. The highest BCUT2D eigenvalue weighted by Crippen LogP contribution is 2.53. The number of ether oxygens (including phenoxy) is 1. The smallest absolute Gasteiger partial charge is 0.0923 e. The highest BCUT2D eigenvalue weighted by atomic mass is 16.6. The number of fused-ring (bicyclic) bond motifs is 1. The van der Waals surface area contributed by atoms with Crippen molar-refractivity contribution in [3.05, 3.63) is 0 Å². The van der Waals surface area contributed by atoms with E-state index in [0.717, 1.165) is 30.6 Å². The van der Waals surface area contributed by atoms with E-state index in [1.165, 1.54) is 38.5 Å². The van der Waals surface area contributed by atoms with E-state index >= 15 is 0 Å². The molecule has 0 spiro atoms. The zero-order valence-electron chi connectivity index (χ0n) is 12.8. The maximum Gasteiger partial charge on any atom is 0.0923 e. The highest BCUT2D eigenvalue weighted by Gasteiger charge is 2.56.